The number of thiazole rings is 1. The molecule has 1 fully saturated rings. The zero-order valence-electron chi connectivity index (χ0n) is 14.4. The number of ether oxygens (including phenoxy) is 1. The van der Waals surface area contributed by atoms with E-state index in [0.29, 0.717) is 12.6 Å². The number of thiophene rings is 1. The lowest BCUT2D eigenvalue weighted by Gasteiger charge is -2.22. The van der Waals surface area contributed by atoms with Gasteiger partial charge in [0.2, 0.25) is 0 Å². The molecule has 3 nitrogen and oxygen atoms in total. The zero-order chi connectivity index (χ0) is 17.1. The van der Waals surface area contributed by atoms with Gasteiger partial charge >= 0.3 is 0 Å². The van der Waals surface area contributed by atoms with E-state index >= 15 is 0 Å². The van der Waals surface area contributed by atoms with Crippen LogP contribution in [-0.2, 0) is 13.2 Å². The lowest BCUT2D eigenvalue weighted by Crippen LogP contribution is -2.22. The number of aromatic nitrogens is 1. The third-order valence-electron chi connectivity index (χ3n) is 4.64. The van der Waals surface area contributed by atoms with Crippen molar-refractivity contribution in [2.24, 2.45) is 0 Å². The van der Waals surface area contributed by atoms with Crippen LogP contribution < -0.4 is 4.74 Å². The van der Waals surface area contributed by atoms with Crippen molar-refractivity contribution in [2.45, 2.75) is 39.0 Å². The molecule has 0 bridgehead atoms. The number of rotatable bonds is 6. The molecule has 2 aromatic heterocycles. The van der Waals surface area contributed by atoms with Crippen molar-refractivity contribution in [2.75, 3.05) is 6.54 Å². The van der Waals surface area contributed by atoms with Crippen molar-refractivity contribution in [3.8, 4) is 5.75 Å². The summed E-state index contributed by atoms with van der Waals surface area (Å²) in [6, 6.07) is 11.0. The molecule has 25 heavy (non-hydrogen) atoms. The molecule has 0 radical (unpaired) electrons. The van der Waals surface area contributed by atoms with Crippen molar-refractivity contribution < 1.29 is 4.74 Å². The highest BCUT2D eigenvalue weighted by Crippen LogP contribution is 2.34. The van der Waals surface area contributed by atoms with E-state index in [-0.39, 0.29) is 0 Å². The molecule has 1 saturated heterocycles. The summed E-state index contributed by atoms with van der Waals surface area (Å²) in [7, 11) is 0. The van der Waals surface area contributed by atoms with Crippen LogP contribution in [0.3, 0.4) is 0 Å². The first-order valence-corrected chi connectivity index (χ1v) is 10.5. The molecule has 1 aromatic carbocycles. The van der Waals surface area contributed by atoms with Crippen molar-refractivity contribution in [1.82, 2.24) is 9.88 Å². The molecule has 1 atom stereocenters. The topological polar surface area (TPSA) is 25.4 Å². The molecule has 0 spiro atoms. The highest BCUT2D eigenvalue weighted by Gasteiger charge is 2.26. The van der Waals surface area contributed by atoms with E-state index in [9.17, 15) is 0 Å². The van der Waals surface area contributed by atoms with Crippen LogP contribution in [0.25, 0.3) is 0 Å². The molecule has 3 heterocycles. The minimum Gasteiger partial charge on any atom is -0.486 e. The van der Waals surface area contributed by atoms with Gasteiger partial charge in [-0.15, -0.1) is 11.3 Å². The van der Waals surface area contributed by atoms with E-state index < -0.39 is 0 Å². The summed E-state index contributed by atoms with van der Waals surface area (Å²) in [5.41, 5.74) is 3.87. The van der Waals surface area contributed by atoms with Crippen LogP contribution in [0.4, 0.5) is 0 Å². The van der Waals surface area contributed by atoms with E-state index in [1.54, 1.807) is 22.7 Å². The Morgan fingerprint density at radius 2 is 2.08 bits per heavy atom. The molecular formula is C20H22N2OS2. The third kappa shape index (κ3) is 4.11. The highest BCUT2D eigenvalue weighted by molar-refractivity contribution is 7.09. The Kier molecular flexibility index (Phi) is 5.15. The fourth-order valence-corrected chi connectivity index (χ4v) is 4.74. The maximum Gasteiger partial charge on any atom is 0.140 e. The molecule has 1 aliphatic rings. The second-order valence-corrected chi connectivity index (χ2v) is 8.24. The van der Waals surface area contributed by atoms with Crippen LogP contribution in [0, 0.1) is 6.92 Å². The molecule has 1 unspecified atom stereocenters. The molecule has 3 aromatic rings. The summed E-state index contributed by atoms with van der Waals surface area (Å²) < 4.78 is 5.85. The van der Waals surface area contributed by atoms with Gasteiger partial charge in [-0.05, 0) is 60.8 Å². The van der Waals surface area contributed by atoms with Crippen LogP contribution in [0.1, 0.15) is 40.7 Å². The van der Waals surface area contributed by atoms with Crippen molar-refractivity contribution in [1.29, 1.82) is 0 Å². The monoisotopic (exact) mass is 370 g/mol. The van der Waals surface area contributed by atoms with Gasteiger partial charge in [0.25, 0.3) is 0 Å². The number of aryl methyl sites for hydroxylation is 1. The van der Waals surface area contributed by atoms with Gasteiger partial charge in [0.1, 0.15) is 17.4 Å². The van der Waals surface area contributed by atoms with Crippen LogP contribution in [0.5, 0.6) is 5.75 Å². The maximum atomic E-state index is 5.85. The minimum atomic E-state index is 0.543. The van der Waals surface area contributed by atoms with E-state index in [4.69, 9.17) is 9.72 Å². The number of likely N-dealkylation sites (tertiary alicyclic amines) is 1. The Hall–Kier alpha value is -1.69. The second-order valence-electron chi connectivity index (χ2n) is 6.52. The predicted molar refractivity (Wildman–Crippen MR) is 104 cm³/mol. The Bertz CT molecular complexity index is 795. The summed E-state index contributed by atoms with van der Waals surface area (Å²) in [6.07, 6.45) is 2.53. The van der Waals surface area contributed by atoms with Gasteiger partial charge in [-0.2, -0.15) is 11.3 Å². The second kappa shape index (κ2) is 7.68. The average molecular weight is 371 g/mol. The van der Waals surface area contributed by atoms with Crippen molar-refractivity contribution in [3.63, 3.8) is 0 Å². The van der Waals surface area contributed by atoms with Crippen LogP contribution in [-0.4, -0.2) is 16.4 Å². The Labute approximate surface area is 156 Å². The Balaban J connectivity index is 1.35. The molecule has 5 heteroatoms. The van der Waals surface area contributed by atoms with Gasteiger partial charge in [0.05, 0.1) is 5.69 Å². The molecule has 0 aliphatic carbocycles. The fraction of sp³-hybridized carbons (Fsp3) is 0.350. The first-order chi connectivity index (χ1) is 12.3. The van der Waals surface area contributed by atoms with E-state index in [1.807, 2.05) is 12.1 Å². The first kappa shape index (κ1) is 16.8. The van der Waals surface area contributed by atoms with Gasteiger partial charge in [-0.25, -0.2) is 4.98 Å². The largest absolute Gasteiger partial charge is 0.486 e. The quantitative estimate of drug-likeness (QED) is 0.578. The third-order valence-corrected chi connectivity index (χ3v) is 6.21. The fourth-order valence-electron chi connectivity index (χ4n) is 3.33. The molecule has 0 N–H and O–H groups in total. The number of nitrogens with zero attached hydrogens (tertiary/aromatic N) is 2. The Morgan fingerprint density at radius 1 is 1.20 bits per heavy atom. The first-order valence-electron chi connectivity index (χ1n) is 8.67. The average Bonchev–Trinajstić information content (AvgIpc) is 3.36. The zero-order valence-corrected chi connectivity index (χ0v) is 16.0. The number of hydrogen-bond acceptors (Lipinski definition) is 5. The summed E-state index contributed by atoms with van der Waals surface area (Å²) in [5, 5.41) is 7.68. The van der Waals surface area contributed by atoms with Crippen LogP contribution in [0.15, 0.2) is 46.5 Å². The maximum absolute atomic E-state index is 5.85. The van der Waals surface area contributed by atoms with E-state index in [0.717, 1.165) is 29.5 Å². The molecular weight excluding hydrogens is 348 g/mol. The summed E-state index contributed by atoms with van der Waals surface area (Å²) in [5.74, 6) is 0.902. The van der Waals surface area contributed by atoms with Crippen LogP contribution in [0.2, 0.25) is 0 Å². The van der Waals surface area contributed by atoms with Gasteiger partial charge < -0.3 is 4.74 Å². The van der Waals surface area contributed by atoms with Crippen LogP contribution >= 0.6 is 22.7 Å². The molecule has 0 saturated carbocycles. The van der Waals surface area contributed by atoms with Gasteiger partial charge in [0.15, 0.2) is 0 Å². The van der Waals surface area contributed by atoms with Gasteiger partial charge in [-0.1, -0.05) is 17.7 Å². The lowest BCUT2D eigenvalue weighted by atomic mass is 10.1. The lowest BCUT2D eigenvalue weighted by molar-refractivity contribution is 0.245. The SMILES string of the molecule is Cc1ccc(OCc2nc(CN3CCCC3c3ccsc3)cs2)cc1. The highest BCUT2D eigenvalue weighted by atomic mass is 32.1. The predicted octanol–water partition coefficient (Wildman–Crippen LogP) is 5.43. The normalized spacial score (nSPS) is 17.9. The number of hydrogen-bond donors (Lipinski definition) is 0. The Morgan fingerprint density at radius 3 is 2.88 bits per heavy atom. The summed E-state index contributed by atoms with van der Waals surface area (Å²) >= 11 is 3.48. The summed E-state index contributed by atoms with van der Waals surface area (Å²) in [4.78, 5) is 7.33. The minimum absolute atomic E-state index is 0.543. The van der Waals surface area contributed by atoms with E-state index in [1.165, 1.54) is 24.0 Å². The summed E-state index contributed by atoms with van der Waals surface area (Å²) in [6.45, 7) is 4.72. The van der Waals surface area contributed by atoms with Crippen molar-refractivity contribution in [3.05, 3.63) is 68.3 Å². The van der Waals surface area contributed by atoms with E-state index in [2.05, 4.69) is 46.2 Å². The standard InChI is InChI=1S/C20H22N2OS2/c1-15-4-6-18(7-5-15)23-12-20-21-17(14-25-20)11-22-9-2-3-19(22)16-8-10-24-13-16/h4-8,10,13-14,19H,2-3,9,11-12H2,1H3. The van der Waals surface area contributed by atoms with Crippen molar-refractivity contribution >= 4 is 22.7 Å². The number of benzene rings is 1. The van der Waals surface area contributed by atoms with Gasteiger partial charge in [0, 0.05) is 18.0 Å². The smallest absolute Gasteiger partial charge is 0.140 e. The molecule has 4 rings (SSSR count). The molecule has 0 amide bonds. The molecule has 130 valence electrons. The van der Waals surface area contributed by atoms with Gasteiger partial charge in [-0.3, -0.25) is 4.90 Å². The molecule has 1 aliphatic heterocycles.